The summed E-state index contributed by atoms with van der Waals surface area (Å²) in [6.07, 6.45) is 7.68. The van der Waals surface area contributed by atoms with Crippen molar-refractivity contribution in [1.29, 1.82) is 0 Å². The monoisotopic (exact) mass is 492 g/mol. The fraction of sp³-hybridized carbons (Fsp3) is 0.516. The van der Waals surface area contributed by atoms with Crippen LogP contribution in [0.3, 0.4) is 0 Å². The van der Waals surface area contributed by atoms with E-state index in [0.29, 0.717) is 0 Å². The summed E-state index contributed by atoms with van der Waals surface area (Å²) in [5.74, 6) is 1.17. The number of hydrogen-bond acceptors (Lipinski definition) is 5. The number of aromatic nitrogens is 2. The zero-order valence-electron chi connectivity index (χ0n) is 23.7. The molecular weight excluding hydrogens is 444 g/mol. The van der Waals surface area contributed by atoms with Gasteiger partial charge >= 0.3 is 0 Å². The lowest BCUT2D eigenvalue weighted by Crippen LogP contribution is -2.14. The molecule has 1 aromatic heterocycles. The van der Waals surface area contributed by atoms with Crippen LogP contribution < -0.4 is 5.32 Å². The maximum Gasteiger partial charge on any atom is 0.143 e. The standard InChI is InChI=1S/C13H17N3.C11H12O.C5H13N.C2H6/c1-4-11-10-7-5-6-8-12(10)15-13(14-11)9-16(2)3;12-8-9-5-6-10-3-1-2-4-11(10)7-9;1-3-4-5-6-2;1-2/h5-8H,4,9H2,1-3H3;1-4,8-9H,5-7H2;6H,3-5H2,1-2H3;1-2H3. The summed E-state index contributed by atoms with van der Waals surface area (Å²) < 4.78 is 0. The number of para-hydroxylation sites is 1. The first-order valence-corrected chi connectivity index (χ1v) is 13.6. The number of fused-ring (bicyclic) bond motifs is 2. The van der Waals surface area contributed by atoms with Crippen molar-refractivity contribution in [1.82, 2.24) is 20.2 Å². The molecular formula is C31H48N4O. The minimum atomic E-state index is 0.264. The number of aldehydes is 1. The Labute approximate surface area is 219 Å². The number of benzene rings is 2. The molecule has 0 spiro atoms. The Kier molecular flexibility index (Phi) is 16.2. The average molecular weight is 493 g/mol. The van der Waals surface area contributed by atoms with E-state index in [1.165, 1.54) is 29.4 Å². The van der Waals surface area contributed by atoms with Crippen LogP contribution in [0.15, 0.2) is 48.5 Å². The van der Waals surface area contributed by atoms with Crippen LogP contribution >= 0.6 is 0 Å². The highest BCUT2D eigenvalue weighted by Crippen LogP contribution is 2.23. The molecule has 1 aliphatic rings. The van der Waals surface area contributed by atoms with Crippen molar-refractivity contribution in [3.8, 4) is 0 Å². The number of nitrogens with zero attached hydrogens (tertiary/aromatic N) is 3. The average Bonchev–Trinajstić information content (AvgIpc) is 2.92. The van der Waals surface area contributed by atoms with E-state index in [2.05, 4.69) is 64.4 Å². The highest BCUT2D eigenvalue weighted by molar-refractivity contribution is 5.80. The summed E-state index contributed by atoms with van der Waals surface area (Å²) >= 11 is 0. The second-order valence-electron chi connectivity index (χ2n) is 9.06. The van der Waals surface area contributed by atoms with E-state index < -0.39 is 0 Å². The van der Waals surface area contributed by atoms with E-state index >= 15 is 0 Å². The third-order valence-corrected chi connectivity index (χ3v) is 5.88. The second kappa shape index (κ2) is 18.6. The van der Waals surface area contributed by atoms with Crippen LogP contribution in [-0.4, -0.2) is 48.8 Å². The van der Waals surface area contributed by atoms with Crippen molar-refractivity contribution in [3.05, 3.63) is 71.2 Å². The summed E-state index contributed by atoms with van der Waals surface area (Å²) in [6.45, 7) is 10.3. The molecule has 0 bridgehead atoms. The smallest absolute Gasteiger partial charge is 0.143 e. The molecule has 2 aromatic carbocycles. The van der Waals surface area contributed by atoms with E-state index in [0.717, 1.165) is 62.1 Å². The molecule has 1 aliphatic carbocycles. The second-order valence-corrected chi connectivity index (χ2v) is 9.06. The van der Waals surface area contributed by atoms with Gasteiger partial charge in [-0.15, -0.1) is 0 Å². The Hall–Kier alpha value is -2.63. The Morgan fingerprint density at radius 2 is 1.67 bits per heavy atom. The number of nitrogens with one attached hydrogen (secondary N) is 1. The van der Waals surface area contributed by atoms with Gasteiger partial charge in [0.15, 0.2) is 0 Å². The van der Waals surface area contributed by atoms with E-state index in [4.69, 9.17) is 0 Å². The summed E-state index contributed by atoms with van der Waals surface area (Å²) in [7, 11) is 6.05. The first-order chi connectivity index (χ1) is 17.5. The van der Waals surface area contributed by atoms with Gasteiger partial charge in [0.05, 0.1) is 17.8 Å². The first-order valence-electron chi connectivity index (χ1n) is 13.6. The van der Waals surface area contributed by atoms with Gasteiger partial charge in [0.1, 0.15) is 12.1 Å². The maximum atomic E-state index is 10.6. The molecule has 198 valence electrons. The summed E-state index contributed by atoms with van der Waals surface area (Å²) in [5, 5.41) is 4.24. The Bertz CT molecular complexity index is 999. The summed E-state index contributed by atoms with van der Waals surface area (Å²) in [5.41, 5.74) is 4.98. The van der Waals surface area contributed by atoms with Crippen molar-refractivity contribution in [3.63, 3.8) is 0 Å². The third-order valence-electron chi connectivity index (χ3n) is 5.88. The van der Waals surface area contributed by atoms with E-state index in [9.17, 15) is 4.79 Å². The minimum absolute atomic E-state index is 0.264. The van der Waals surface area contributed by atoms with Crippen molar-refractivity contribution >= 4 is 17.2 Å². The number of carbonyl (C=O) groups excluding carboxylic acids is 1. The molecule has 0 saturated carbocycles. The molecule has 1 unspecified atom stereocenters. The summed E-state index contributed by atoms with van der Waals surface area (Å²) in [6, 6.07) is 16.6. The minimum Gasteiger partial charge on any atom is -0.320 e. The van der Waals surface area contributed by atoms with Crippen molar-refractivity contribution in [2.75, 3.05) is 27.7 Å². The number of carbonyl (C=O) groups is 1. The van der Waals surface area contributed by atoms with Gasteiger partial charge in [-0.05, 0) is 77.0 Å². The quantitative estimate of drug-likeness (QED) is 0.311. The van der Waals surface area contributed by atoms with Gasteiger partial charge in [-0.25, -0.2) is 9.97 Å². The molecule has 3 aromatic rings. The molecule has 0 amide bonds. The maximum absolute atomic E-state index is 10.6. The predicted octanol–water partition coefficient (Wildman–Crippen LogP) is 6.28. The van der Waals surface area contributed by atoms with E-state index in [-0.39, 0.29) is 5.92 Å². The lowest BCUT2D eigenvalue weighted by molar-refractivity contribution is -0.111. The van der Waals surface area contributed by atoms with Gasteiger partial charge in [0.2, 0.25) is 0 Å². The number of aryl methyl sites for hydroxylation is 2. The lowest BCUT2D eigenvalue weighted by atomic mass is 9.85. The Morgan fingerprint density at radius 1 is 1.00 bits per heavy atom. The van der Waals surface area contributed by atoms with Crippen LogP contribution in [0.25, 0.3) is 10.9 Å². The van der Waals surface area contributed by atoms with Crippen LogP contribution in [0, 0.1) is 5.92 Å². The molecule has 5 nitrogen and oxygen atoms in total. The van der Waals surface area contributed by atoms with Crippen LogP contribution in [0.1, 0.15) is 69.6 Å². The molecule has 0 aliphatic heterocycles. The van der Waals surface area contributed by atoms with Gasteiger partial charge < -0.3 is 15.0 Å². The molecule has 0 fully saturated rings. The number of unbranched alkanes of at least 4 members (excludes halogenated alkanes) is 1. The molecule has 4 rings (SSSR count). The van der Waals surface area contributed by atoms with Crippen molar-refractivity contribution in [2.45, 2.75) is 72.8 Å². The Morgan fingerprint density at radius 3 is 2.25 bits per heavy atom. The molecule has 1 heterocycles. The first kappa shape index (κ1) is 31.4. The Balaban J connectivity index is 0.000000286. The van der Waals surface area contributed by atoms with Crippen molar-refractivity contribution in [2.24, 2.45) is 5.92 Å². The SMILES string of the molecule is CC.CCCCNC.CCc1nc(CN(C)C)nc2ccccc12.O=CC1CCc2ccccc2C1. The van der Waals surface area contributed by atoms with Gasteiger partial charge in [-0.3, -0.25) is 0 Å². The van der Waals surface area contributed by atoms with E-state index in [1.807, 2.05) is 53.2 Å². The van der Waals surface area contributed by atoms with Crippen LogP contribution in [0.5, 0.6) is 0 Å². The molecule has 5 heteroatoms. The molecule has 36 heavy (non-hydrogen) atoms. The normalized spacial score (nSPS) is 13.8. The highest BCUT2D eigenvalue weighted by atomic mass is 16.1. The van der Waals surface area contributed by atoms with Crippen molar-refractivity contribution < 1.29 is 4.79 Å². The fourth-order valence-electron chi connectivity index (χ4n) is 4.01. The number of rotatable bonds is 7. The highest BCUT2D eigenvalue weighted by Gasteiger charge is 2.16. The molecule has 0 radical (unpaired) electrons. The summed E-state index contributed by atoms with van der Waals surface area (Å²) in [4.78, 5) is 21.8. The van der Waals surface area contributed by atoms with E-state index in [1.54, 1.807) is 0 Å². The molecule has 1 atom stereocenters. The van der Waals surface area contributed by atoms with Crippen LogP contribution in [-0.2, 0) is 30.6 Å². The topological polar surface area (TPSA) is 58.1 Å². The lowest BCUT2D eigenvalue weighted by Gasteiger charge is -2.19. The van der Waals surface area contributed by atoms with Crippen LogP contribution in [0.2, 0.25) is 0 Å². The van der Waals surface area contributed by atoms with Gasteiger partial charge in [-0.2, -0.15) is 0 Å². The number of hydrogen-bond donors (Lipinski definition) is 1. The van der Waals surface area contributed by atoms with Gasteiger partial charge in [0.25, 0.3) is 0 Å². The third kappa shape index (κ3) is 11.0. The zero-order chi connectivity index (χ0) is 26.8. The predicted molar refractivity (Wildman–Crippen MR) is 155 cm³/mol. The zero-order valence-corrected chi connectivity index (χ0v) is 23.7. The largest absolute Gasteiger partial charge is 0.320 e. The van der Waals surface area contributed by atoms with Gasteiger partial charge in [0, 0.05) is 11.3 Å². The molecule has 0 saturated heterocycles. The molecule has 1 N–H and O–H groups in total. The fourth-order valence-corrected chi connectivity index (χ4v) is 4.01. The van der Waals surface area contributed by atoms with Gasteiger partial charge in [-0.1, -0.05) is 76.6 Å². The van der Waals surface area contributed by atoms with Crippen LogP contribution in [0.4, 0.5) is 0 Å².